The lowest BCUT2D eigenvalue weighted by Gasteiger charge is -2.37. The van der Waals surface area contributed by atoms with Crippen LogP contribution in [0.2, 0.25) is 0 Å². The minimum atomic E-state index is -1.25. The standard InChI is InChI=1S/C50H56N4O8/c1-28-29(2)51-21-20-40(28)33-10-8-32(9-11-33)22-41(49(57)58)53-47(55)42-23-35-24-43-44(25-36(35)26-54(42)48(56)46-30(3)60-31(4)52-46)62-45(27-59-43)34-12-16-38(17-13-34)61-39-18-14-37(15-19-39)50(5,6)7/h8-13,16-17,20-21,24-25,37,39,41-42,45H,14-15,18-19,22-23,26-27H2,1-7H3,(H,53,55)(H,57,58)/t37-,39-,41-,42-,45+/m0/s1. The molecular formula is C50H56N4O8. The molecule has 0 radical (unpaired) electrons. The van der Waals surface area contributed by atoms with Gasteiger partial charge in [0.2, 0.25) is 5.91 Å². The van der Waals surface area contributed by atoms with Gasteiger partial charge in [-0.2, -0.15) is 0 Å². The molecule has 324 valence electrons. The number of amides is 2. The Morgan fingerprint density at radius 1 is 0.919 bits per heavy atom. The van der Waals surface area contributed by atoms with Crippen LogP contribution in [0.15, 0.2) is 77.3 Å². The van der Waals surface area contributed by atoms with Crippen LogP contribution in [0.25, 0.3) is 11.1 Å². The van der Waals surface area contributed by atoms with E-state index < -0.39 is 29.9 Å². The molecule has 3 aromatic carbocycles. The topological polar surface area (TPSA) is 153 Å². The zero-order valence-corrected chi connectivity index (χ0v) is 36.6. The highest BCUT2D eigenvalue weighted by Crippen LogP contribution is 2.42. The van der Waals surface area contributed by atoms with Crippen molar-refractivity contribution in [3.63, 3.8) is 0 Å². The first-order valence-electron chi connectivity index (χ1n) is 21.6. The molecule has 2 aliphatic heterocycles. The Balaban J connectivity index is 0.978. The number of rotatable bonds is 10. The monoisotopic (exact) mass is 840 g/mol. The van der Waals surface area contributed by atoms with Crippen molar-refractivity contribution in [2.75, 3.05) is 6.61 Å². The van der Waals surface area contributed by atoms with Crippen molar-refractivity contribution in [1.29, 1.82) is 0 Å². The lowest BCUT2D eigenvalue weighted by Crippen LogP contribution is -2.56. The van der Waals surface area contributed by atoms with Gasteiger partial charge in [-0.25, -0.2) is 9.78 Å². The summed E-state index contributed by atoms with van der Waals surface area (Å²) in [6, 6.07) is 19.0. The predicted octanol–water partition coefficient (Wildman–Crippen LogP) is 8.85. The van der Waals surface area contributed by atoms with E-state index in [1.807, 2.05) is 80.6 Å². The lowest BCUT2D eigenvalue weighted by molar-refractivity contribution is -0.142. The fourth-order valence-electron chi connectivity index (χ4n) is 9.10. The number of pyridine rings is 1. The van der Waals surface area contributed by atoms with Crippen LogP contribution in [0.5, 0.6) is 17.2 Å². The van der Waals surface area contributed by atoms with Crippen LogP contribution < -0.4 is 19.5 Å². The molecule has 2 aromatic heterocycles. The SMILES string of the molecule is Cc1nc(C(=O)N2Cc3cc4c(cc3C[C@H]2C(=O)N[C@@H](Cc2ccc(-c3ccnc(C)c3C)cc2)C(=O)O)OC[C@H](c2ccc(O[C@H]3CC[C@H](C(C)(C)C)CC3)cc2)O4)c(C)o1. The lowest BCUT2D eigenvalue weighted by atomic mass is 9.72. The molecule has 4 heterocycles. The van der Waals surface area contributed by atoms with Gasteiger partial charge in [-0.15, -0.1) is 0 Å². The quantitative estimate of drug-likeness (QED) is 0.140. The second-order valence-electron chi connectivity index (χ2n) is 18.2. The van der Waals surface area contributed by atoms with E-state index in [1.165, 1.54) is 17.7 Å². The van der Waals surface area contributed by atoms with Crippen LogP contribution in [0.1, 0.15) is 108 Å². The number of aliphatic carboxylic acids is 1. The summed E-state index contributed by atoms with van der Waals surface area (Å²) < 4.78 is 24.8. The highest BCUT2D eigenvalue weighted by atomic mass is 16.6. The minimum absolute atomic E-state index is 0.0444. The van der Waals surface area contributed by atoms with E-state index in [9.17, 15) is 19.5 Å². The third-order valence-corrected chi connectivity index (χ3v) is 13.0. The van der Waals surface area contributed by atoms with Gasteiger partial charge in [0.1, 0.15) is 30.2 Å². The third-order valence-electron chi connectivity index (χ3n) is 13.0. The van der Waals surface area contributed by atoms with Gasteiger partial charge in [0, 0.05) is 38.2 Å². The first kappa shape index (κ1) is 42.5. The Bertz CT molecular complexity index is 2460. The van der Waals surface area contributed by atoms with Crippen LogP contribution in [0, 0.1) is 39.0 Å². The molecule has 12 nitrogen and oxygen atoms in total. The molecule has 2 N–H and O–H groups in total. The first-order valence-corrected chi connectivity index (χ1v) is 21.6. The molecule has 2 amide bonds. The van der Waals surface area contributed by atoms with Gasteiger partial charge in [-0.05, 0) is 127 Å². The molecule has 1 saturated carbocycles. The van der Waals surface area contributed by atoms with Gasteiger partial charge >= 0.3 is 5.97 Å². The number of carbonyl (C=O) groups excluding carboxylic acids is 2. The average molecular weight is 841 g/mol. The van der Waals surface area contributed by atoms with Crippen molar-refractivity contribution in [1.82, 2.24) is 20.2 Å². The number of hydrogen-bond acceptors (Lipinski definition) is 9. The molecule has 8 rings (SSSR count). The molecule has 62 heavy (non-hydrogen) atoms. The molecule has 0 bridgehead atoms. The van der Waals surface area contributed by atoms with E-state index in [-0.39, 0.29) is 43.9 Å². The summed E-state index contributed by atoms with van der Waals surface area (Å²) in [5.74, 6) is 1.02. The van der Waals surface area contributed by atoms with E-state index in [1.54, 1.807) is 20.0 Å². The Kier molecular flexibility index (Phi) is 11.9. The number of benzene rings is 3. The van der Waals surface area contributed by atoms with Crippen molar-refractivity contribution >= 4 is 17.8 Å². The van der Waals surface area contributed by atoms with Crippen molar-refractivity contribution in [3.8, 4) is 28.4 Å². The summed E-state index contributed by atoms with van der Waals surface area (Å²) >= 11 is 0. The van der Waals surface area contributed by atoms with E-state index in [0.717, 1.165) is 69.1 Å². The number of carbonyl (C=O) groups is 3. The Morgan fingerprint density at radius 2 is 1.63 bits per heavy atom. The number of nitrogens with zero attached hydrogens (tertiary/aromatic N) is 3. The summed E-state index contributed by atoms with van der Waals surface area (Å²) in [5, 5.41) is 13.1. The second kappa shape index (κ2) is 17.3. The fraction of sp³-hybridized carbons (Fsp3) is 0.420. The number of aromatic nitrogens is 2. The molecule has 5 aromatic rings. The normalized spacial score (nSPS) is 20.2. The minimum Gasteiger partial charge on any atom is -0.490 e. The number of hydrogen-bond donors (Lipinski definition) is 2. The smallest absolute Gasteiger partial charge is 0.326 e. The number of carboxylic acid groups (broad SMARTS) is 1. The summed E-state index contributed by atoms with van der Waals surface area (Å²) in [4.78, 5) is 51.3. The highest BCUT2D eigenvalue weighted by Gasteiger charge is 2.40. The molecule has 12 heteroatoms. The molecule has 0 unspecified atom stereocenters. The van der Waals surface area contributed by atoms with E-state index in [4.69, 9.17) is 18.6 Å². The maximum absolute atomic E-state index is 14.2. The molecule has 1 aliphatic carbocycles. The van der Waals surface area contributed by atoms with Crippen LogP contribution in [-0.2, 0) is 29.0 Å². The first-order chi connectivity index (χ1) is 29.6. The number of ether oxygens (including phenoxy) is 3. The van der Waals surface area contributed by atoms with Crippen LogP contribution in [0.4, 0.5) is 0 Å². The van der Waals surface area contributed by atoms with Gasteiger partial charge < -0.3 is 34.0 Å². The van der Waals surface area contributed by atoms with Crippen molar-refractivity contribution in [2.24, 2.45) is 11.3 Å². The zero-order valence-electron chi connectivity index (χ0n) is 36.6. The highest BCUT2D eigenvalue weighted by molar-refractivity contribution is 5.98. The van der Waals surface area contributed by atoms with Crippen LogP contribution >= 0.6 is 0 Å². The maximum atomic E-state index is 14.2. The number of fused-ring (bicyclic) bond motifs is 2. The number of carboxylic acids is 1. The fourth-order valence-corrected chi connectivity index (χ4v) is 9.10. The number of aryl methyl sites for hydroxylation is 3. The third kappa shape index (κ3) is 9.05. The largest absolute Gasteiger partial charge is 0.490 e. The summed E-state index contributed by atoms with van der Waals surface area (Å²) in [6.07, 6.45) is 6.25. The van der Waals surface area contributed by atoms with Crippen LogP contribution in [0.3, 0.4) is 0 Å². The summed E-state index contributed by atoms with van der Waals surface area (Å²) in [6.45, 7) is 14.6. The Morgan fingerprint density at radius 3 is 2.29 bits per heavy atom. The molecule has 0 saturated heterocycles. The zero-order chi connectivity index (χ0) is 43.9. The maximum Gasteiger partial charge on any atom is 0.326 e. The van der Waals surface area contributed by atoms with Gasteiger partial charge in [-0.1, -0.05) is 57.2 Å². The van der Waals surface area contributed by atoms with E-state index >= 15 is 0 Å². The number of nitrogens with one attached hydrogen (secondary N) is 1. The van der Waals surface area contributed by atoms with Crippen LogP contribution in [-0.4, -0.2) is 62.6 Å². The van der Waals surface area contributed by atoms with Gasteiger partial charge in [0.05, 0.1) is 6.10 Å². The molecule has 3 atom stereocenters. The van der Waals surface area contributed by atoms with E-state index in [0.29, 0.717) is 28.6 Å². The van der Waals surface area contributed by atoms with Gasteiger partial charge in [0.25, 0.3) is 5.91 Å². The second-order valence-corrected chi connectivity index (χ2v) is 18.2. The van der Waals surface area contributed by atoms with Crippen molar-refractivity contribution in [3.05, 3.63) is 124 Å². The van der Waals surface area contributed by atoms with Gasteiger partial charge in [0.15, 0.2) is 29.2 Å². The molecule has 1 fully saturated rings. The van der Waals surface area contributed by atoms with E-state index in [2.05, 4.69) is 36.1 Å². The summed E-state index contributed by atoms with van der Waals surface area (Å²) in [7, 11) is 0. The van der Waals surface area contributed by atoms with Crippen molar-refractivity contribution in [2.45, 2.75) is 118 Å². The molecule has 3 aliphatic rings. The van der Waals surface area contributed by atoms with Gasteiger partial charge in [-0.3, -0.25) is 14.6 Å². The Hall–Kier alpha value is -6.17. The predicted molar refractivity (Wildman–Crippen MR) is 233 cm³/mol. The molecule has 0 spiro atoms. The summed E-state index contributed by atoms with van der Waals surface area (Å²) in [5.41, 5.74) is 7.72. The Labute approximate surface area is 363 Å². The molecular weight excluding hydrogens is 785 g/mol. The van der Waals surface area contributed by atoms with Crippen molar-refractivity contribution < 1.29 is 38.1 Å². The number of oxazole rings is 1. The average Bonchev–Trinajstić information content (AvgIpc) is 3.60.